The van der Waals surface area contributed by atoms with Crippen LogP contribution in [-0.4, -0.2) is 44.6 Å². The largest absolute Gasteiger partial charge is 0.497 e. The number of methoxy groups -OCH3 is 2. The van der Waals surface area contributed by atoms with Crippen molar-refractivity contribution in [1.82, 2.24) is 16.2 Å². The van der Waals surface area contributed by atoms with Crippen molar-refractivity contribution in [2.75, 3.05) is 20.8 Å². The molecule has 9 heteroatoms. The molecule has 0 aliphatic carbocycles. The van der Waals surface area contributed by atoms with Crippen LogP contribution in [0, 0.1) is 0 Å². The lowest BCUT2D eigenvalue weighted by atomic mass is 10.2. The van der Waals surface area contributed by atoms with Gasteiger partial charge in [-0.3, -0.25) is 25.2 Å². The Labute approximate surface area is 193 Å². The lowest BCUT2D eigenvalue weighted by molar-refractivity contribution is -0.127. The van der Waals surface area contributed by atoms with Gasteiger partial charge in [0.2, 0.25) is 5.91 Å². The summed E-state index contributed by atoms with van der Waals surface area (Å²) in [6, 6.07) is 11.0. The summed E-state index contributed by atoms with van der Waals surface area (Å²) >= 11 is 0. The van der Waals surface area contributed by atoms with E-state index in [2.05, 4.69) is 16.2 Å². The fraction of sp³-hybridized carbons (Fsp3) is 0.292. The molecular weight excluding hydrogens is 426 g/mol. The van der Waals surface area contributed by atoms with Crippen LogP contribution in [0.1, 0.15) is 36.2 Å². The molecule has 0 spiro atoms. The van der Waals surface area contributed by atoms with Gasteiger partial charge >= 0.3 is 0 Å². The van der Waals surface area contributed by atoms with Crippen molar-refractivity contribution in [3.8, 4) is 17.2 Å². The molecule has 3 N–H and O–H groups in total. The molecule has 3 amide bonds. The minimum Gasteiger partial charge on any atom is -0.497 e. The number of benzene rings is 2. The molecule has 0 saturated heterocycles. The van der Waals surface area contributed by atoms with Crippen LogP contribution in [0.4, 0.5) is 0 Å². The molecule has 0 saturated carbocycles. The second kappa shape index (κ2) is 12.7. The quantitative estimate of drug-likeness (QED) is 0.375. The second-order valence-electron chi connectivity index (χ2n) is 6.99. The van der Waals surface area contributed by atoms with Crippen LogP contribution in [-0.2, 0) is 9.59 Å². The average Bonchev–Trinajstić information content (AvgIpc) is 2.84. The Morgan fingerprint density at radius 3 is 2.33 bits per heavy atom. The van der Waals surface area contributed by atoms with Crippen LogP contribution in [0.25, 0.3) is 6.08 Å². The molecule has 33 heavy (non-hydrogen) atoms. The summed E-state index contributed by atoms with van der Waals surface area (Å²) in [6.07, 6.45) is 3.77. The van der Waals surface area contributed by atoms with E-state index >= 15 is 0 Å². The van der Waals surface area contributed by atoms with Gasteiger partial charge in [-0.2, -0.15) is 0 Å². The molecule has 0 aromatic heterocycles. The predicted molar refractivity (Wildman–Crippen MR) is 124 cm³/mol. The summed E-state index contributed by atoms with van der Waals surface area (Å²) in [5.41, 5.74) is 5.69. The first-order chi connectivity index (χ1) is 15.9. The van der Waals surface area contributed by atoms with Gasteiger partial charge in [0, 0.05) is 11.6 Å². The van der Waals surface area contributed by atoms with Crippen LogP contribution in [0.2, 0.25) is 0 Å². The Morgan fingerprint density at radius 2 is 1.70 bits per heavy atom. The van der Waals surface area contributed by atoms with E-state index in [0.717, 1.165) is 12.0 Å². The Balaban J connectivity index is 1.85. The summed E-state index contributed by atoms with van der Waals surface area (Å²) < 4.78 is 15.9. The zero-order valence-corrected chi connectivity index (χ0v) is 19.1. The third-order valence-corrected chi connectivity index (χ3v) is 4.48. The highest BCUT2D eigenvalue weighted by molar-refractivity contribution is 5.98. The van der Waals surface area contributed by atoms with Gasteiger partial charge in [-0.1, -0.05) is 19.1 Å². The summed E-state index contributed by atoms with van der Waals surface area (Å²) in [4.78, 5) is 36.7. The van der Waals surface area contributed by atoms with E-state index < -0.39 is 23.8 Å². The number of ether oxygens (including phenoxy) is 3. The van der Waals surface area contributed by atoms with Gasteiger partial charge in [-0.15, -0.1) is 0 Å². The summed E-state index contributed by atoms with van der Waals surface area (Å²) in [5, 5.41) is 2.53. The smallest absolute Gasteiger partial charge is 0.269 e. The highest BCUT2D eigenvalue weighted by Crippen LogP contribution is 2.28. The summed E-state index contributed by atoms with van der Waals surface area (Å²) in [7, 11) is 3.05. The van der Waals surface area contributed by atoms with Gasteiger partial charge in [-0.05, 0) is 55.3 Å². The van der Waals surface area contributed by atoms with Crippen molar-refractivity contribution in [3.05, 3.63) is 59.7 Å². The number of nitrogens with one attached hydrogen (secondary N) is 3. The van der Waals surface area contributed by atoms with Gasteiger partial charge in [0.05, 0.1) is 20.8 Å². The number of hydrogen-bond donors (Lipinski definition) is 3. The predicted octanol–water partition coefficient (Wildman–Crippen LogP) is 2.47. The molecule has 0 aliphatic rings. The number of carbonyl (C=O) groups is 3. The molecule has 2 rings (SSSR count). The van der Waals surface area contributed by atoms with Gasteiger partial charge < -0.3 is 19.5 Å². The minimum absolute atomic E-state index is 0.273. The number of rotatable bonds is 10. The zero-order chi connectivity index (χ0) is 24.2. The van der Waals surface area contributed by atoms with Crippen LogP contribution in [0.5, 0.6) is 17.2 Å². The molecule has 1 atom stereocenters. The van der Waals surface area contributed by atoms with Crippen molar-refractivity contribution < 1.29 is 28.6 Å². The molecule has 2 aromatic carbocycles. The van der Waals surface area contributed by atoms with Crippen LogP contribution >= 0.6 is 0 Å². The maximum absolute atomic E-state index is 12.4. The van der Waals surface area contributed by atoms with E-state index in [4.69, 9.17) is 14.2 Å². The first-order valence-corrected chi connectivity index (χ1v) is 10.4. The minimum atomic E-state index is -0.877. The SMILES string of the molecule is CCCOc1ccc(C(=O)NNC(=O)C(C)NC(=O)/C=C/c2ccc(OC)cc2)cc1OC. The topological polar surface area (TPSA) is 115 Å². The van der Waals surface area contributed by atoms with E-state index in [-0.39, 0.29) is 5.56 Å². The zero-order valence-electron chi connectivity index (χ0n) is 19.1. The van der Waals surface area contributed by atoms with Crippen LogP contribution in [0.3, 0.4) is 0 Å². The van der Waals surface area contributed by atoms with Crippen molar-refractivity contribution in [2.45, 2.75) is 26.3 Å². The molecule has 176 valence electrons. The molecule has 0 bridgehead atoms. The Kier molecular flexibility index (Phi) is 9.76. The van der Waals surface area contributed by atoms with Crippen molar-refractivity contribution >= 4 is 23.8 Å². The standard InChI is InChI=1S/C24H29N3O6/c1-5-14-33-20-12-9-18(15-21(20)32-4)24(30)27-26-23(29)16(2)25-22(28)13-8-17-6-10-19(31-3)11-7-17/h6-13,15-16H,5,14H2,1-4H3,(H,25,28)(H,26,29)(H,27,30)/b13-8+. The maximum Gasteiger partial charge on any atom is 0.269 e. The Bertz CT molecular complexity index is 988. The highest BCUT2D eigenvalue weighted by atomic mass is 16.5. The van der Waals surface area contributed by atoms with E-state index in [1.165, 1.54) is 26.2 Å². The fourth-order valence-electron chi connectivity index (χ4n) is 2.65. The molecule has 0 radical (unpaired) electrons. The Hall–Kier alpha value is -4.01. The number of hydrogen-bond acceptors (Lipinski definition) is 6. The van der Waals surface area contributed by atoms with Gasteiger partial charge in [0.15, 0.2) is 11.5 Å². The highest BCUT2D eigenvalue weighted by Gasteiger charge is 2.16. The van der Waals surface area contributed by atoms with Crippen LogP contribution < -0.4 is 30.4 Å². The molecule has 0 heterocycles. The van der Waals surface area contributed by atoms with Gasteiger partial charge in [0.25, 0.3) is 11.8 Å². The van der Waals surface area contributed by atoms with Crippen LogP contribution in [0.15, 0.2) is 48.5 Å². The van der Waals surface area contributed by atoms with Gasteiger partial charge in [-0.25, -0.2) is 0 Å². The molecule has 2 aromatic rings. The van der Waals surface area contributed by atoms with E-state index in [1.807, 2.05) is 6.92 Å². The lowest BCUT2D eigenvalue weighted by Crippen LogP contribution is -2.50. The fourth-order valence-corrected chi connectivity index (χ4v) is 2.65. The third-order valence-electron chi connectivity index (χ3n) is 4.48. The van der Waals surface area contributed by atoms with E-state index in [0.29, 0.717) is 23.9 Å². The Morgan fingerprint density at radius 1 is 0.970 bits per heavy atom. The monoisotopic (exact) mass is 455 g/mol. The first kappa shape index (κ1) is 25.3. The summed E-state index contributed by atoms with van der Waals surface area (Å²) in [5.74, 6) is 0.0760. The lowest BCUT2D eigenvalue weighted by Gasteiger charge is -2.14. The van der Waals surface area contributed by atoms with E-state index in [1.54, 1.807) is 49.6 Å². The second-order valence-corrected chi connectivity index (χ2v) is 6.99. The summed E-state index contributed by atoms with van der Waals surface area (Å²) in [6.45, 7) is 4.01. The van der Waals surface area contributed by atoms with Crippen molar-refractivity contribution in [1.29, 1.82) is 0 Å². The van der Waals surface area contributed by atoms with Gasteiger partial charge in [0.1, 0.15) is 11.8 Å². The molecule has 0 aliphatic heterocycles. The number of amides is 3. The number of hydrazine groups is 1. The molecule has 9 nitrogen and oxygen atoms in total. The number of carbonyl (C=O) groups excluding carboxylic acids is 3. The average molecular weight is 456 g/mol. The normalized spacial score (nSPS) is 11.4. The molecule has 1 unspecified atom stereocenters. The molecular formula is C24H29N3O6. The molecule has 0 fully saturated rings. The van der Waals surface area contributed by atoms with E-state index in [9.17, 15) is 14.4 Å². The van der Waals surface area contributed by atoms with Crippen molar-refractivity contribution in [2.24, 2.45) is 0 Å². The first-order valence-electron chi connectivity index (χ1n) is 10.4. The third kappa shape index (κ3) is 7.88. The maximum atomic E-state index is 12.4. The van der Waals surface area contributed by atoms with Crippen molar-refractivity contribution in [3.63, 3.8) is 0 Å².